The smallest absolute Gasteiger partial charge is 0.311 e. The second-order valence-electron chi connectivity index (χ2n) is 5.40. The number of aliphatic carboxylic acids is 1. The minimum atomic E-state index is -0.813. The average Bonchev–Trinajstić information content (AvgIpc) is 2.36. The minimum absolute atomic E-state index is 0.208. The number of hydrogen-bond donors (Lipinski definition) is 2. The van der Waals surface area contributed by atoms with Gasteiger partial charge in [0.25, 0.3) is 0 Å². The highest BCUT2D eigenvalue weighted by molar-refractivity contribution is 5.92. The first-order valence-corrected chi connectivity index (χ1v) is 6.78. The van der Waals surface area contributed by atoms with Gasteiger partial charge < -0.3 is 10.4 Å². The summed E-state index contributed by atoms with van der Waals surface area (Å²) >= 11 is 0. The number of amides is 1. The highest BCUT2D eigenvalue weighted by atomic mass is 16.4. The van der Waals surface area contributed by atoms with E-state index in [0.717, 1.165) is 12.0 Å². The third-order valence-corrected chi connectivity index (χ3v) is 3.87. The van der Waals surface area contributed by atoms with Gasteiger partial charge in [0.05, 0.1) is 5.41 Å². The van der Waals surface area contributed by atoms with Gasteiger partial charge in [0.15, 0.2) is 0 Å². The number of rotatable bonds is 5. The molecule has 0 saturated heterocycles. The number of aryl methyl sites for hydroxylation is 1. The van der Waals surface area contributed by atoms with E-state index in [1.165, 1.54) is 11.6 Å². The minimum Gasteiger partial charge on any atom is -0.481 e. The Balaban J connectivity index is 1.86. The average molecular weight is 273 g/mol. The molecule has 2 rings (SSSR count). The van der Waals surface area contributed by atoms with Gasteiger partial charge in [-0.1, -0.05) is 36.2 Å². The maximum atomic E-state index is 11.7. The molecule has 1 aliphatic rings. The van der Waals surface area contributed by atoms with Crippen LogP contribution in [0.15, 0.2) is 30.3 Å². The number of carbonyl (C=O) groups is 2. The van der Waals surface area contributed by atoms with Crippen molar-refractivity contribution in [1.82, 2.24) is 5.32 Å². The van der Waals surface area contributed by atoms with Crippen LogP contribution in [0.25, 0.3) is 6.08 Å². The molecule has 4 nitrogen and oxygen atoms in total. The van der Waals surface area contributed by atoms with Crippen LogP contribution in [-0.2, 0) is 9.59 Å². The van der Waals surface area contributed by atoms with Gasteiger partial charge in [0.1, 0.15) is 0 Å². The largest absolute Gasteiger partial charge is 0.481 e. The maximum absolute atomic E-state index is 11.7. The molecule has 1 aromatic carbocycles. The lowest BCUT2D eigenvalue weighted by molar-refractivity contribution is -0.154. The van der Waals surface area contributed by atoms with E-state index in [-0.39, 0.29) is 12.5 Å². The molecule has 0 aliphatic heterocycles. The molecule has 0 aromatic heterocycles. The van der Waals surface area contributed by atoms with E-state index in [4.69, 9.17) is 5.11 Å². The second-order valence-corrected chi connectivity index (χ2v) is 5.40. The second kappa shape index (κ2) is 5.90. The van der Waals surface area contributed by atoms with Crippen molar-refractivity contribution in [3.8, 4) is 0 Å². The van der Waals surface area contributed by atoms with Crippen molar-refractivity contribution in [1.29, 1.82) is 0 Å². The lowest BCUT2D eigenvalue weighted by atomic mass is 9.69. The summed E-state index contributed by atoms with van der Waals surface area (Å²) in [4.78, 5) is 22.9. The van der Waals surface area contributed by atoms with Gasteiger partial charge in [0.2, 0.25) is 5.91 Å². The zero-order chi connectivity index (χ0) is 14.6. The summed E-state index contributed by atoms with van der Waals surface area (Å²) in [7, 11) is 0. The third kappa shape index (κ3) is 3.26. The number of benzene rings is 1. The number of carboxylic acid groups (broad SMARTS) is 1. The Morgan fingerprint density at radius 1 is 1.30 bits per heavy atom. The lowest BCUT2D eigenvalue weighted by Gasteiger charge is -2.37. The lowest BCUT2D eigenvalue weighted by Crippen LogP contribution is -2.47. The molecule has 2 N–H and O–H groups in total. The molecular weight excluding hydrogens is 254 g/mol. The van der Waals surface area contributed by atoms with E-state index in [1.54, 1.807) is 6.08 Å². The normalized spacial score (nSPS) is 16.6. The molecule has 1 aliphatic carbocycles. The van der Waals surface area contributed by atoms with E-state index in [1.807, 2.05) is 31.2 Å². The fraction of sp³-hybridized carbons (Fsp3) is 0.375. The van der Waals surface area contributed by atoms with Crippen molar-refractivity contribution >= 4 is 18.0 Å². The summed E-state index contributed by atoms with van der Waals surface area (Å²) in [5, 5.41) is 11.8. The quantitative estimate of drug-likeness (QED) is 0.809. The van der Waals surface area contributed by atoms with E-state index >= 15 is 0 Å². The molecule has 20 heavy (non-hydrogen) atoms. The van der Waals surface area contributed by atoms with Crippen LogP contribution < -0.4 is 5.32 Å². The fourth-order valence-electron chi connectivity index (χ4n) is 2.23. The molecule has 1 saturated carbocycles. The van der Waals surface area contributed by atoms with Crippen LogP contribution in [0.2, 0.25) is 0 Å². The van der Waals surface area contributed by atoms with E-state index in [2.05, 4.69) is 5.32 Å². The number of hydrogen-bond acceptors (Lipinski definition) is 2. The topological polar surface area (TPSA) is 66.4 Å². The Bertz CT molecular complexity index is 527. The first-order chi connectivity index (χ1) is 9.52. The Hall–Kier alpha value is -2.10. The Morgan fingerprint density at radius 2 is 1.95 bits per heavy atom. The molecule has 0 unspecified atom stereocenters. The van der Waals surface area contributed by atoms with Crippen LogP contribution in [0.3, 0.4) is 0 Å². The highest BCUT2D eigenvalue weighted by Gasteiger charge is 2.44. The predicted octanol–water partition coefficient (Wildman–Crippen LogP) is 2.38. The van der Waals surface area contributed by atoms with Gasteiger partial charge in [-0.25, -0.2) is 0 Å². The van der Waals surface area contributed by atoms with Gasteiger partial charge in [-0.05, 0) is 31.4 Å². The molecule has 1 amide bonds. The Morgan fingerprint density at radius 3 is 2.45 bits per heavy atom. The molecule has 0 bridgehead atoms. The molecule has 4 heteroatoms. The van der Waals surface area contributed by atoms with Crippen LogP contribution in [0.5, 0.6) is 0 Å². The molecular formula is C16H19NO3. The van der Waals surface area contributed by atoms with Crippen molar-refractivity contribution < 1.29 is 14.7 Å². The molecule has 0 spiro atoms. The molecule has 0 radical (unpaired) electrons. The summed E-state index contributed by atoms with van der Waals surface area (Å²) in [6.07, 6.45) is 5.37. The SMILES string of the molecule is Cc1ccc(/C=C/C(=O)NCC2(C(=O)O)CCC2)cc1. The summed E-state index contributed by atoms with van der Waals surface area (Å²) < 4.78 is 0. The van der Waals surface area contributed by atoms with Crippen LogP contribution in [0, 0.1) is 12.3 Å². The molecule has 1 aromatic rings. The van der Waals surface area contributed by atoms with E-state index in [9.17, 15) is 9.59 Å². The maximum Gasteiger partial charge on any atom is 0.311 e. The highest BCUT2D eigenvalue weighted by Crippen LogP contribution is 2.40. The Kier molecular flexibility index (Phi) is 4.23. The van der Waals surface area contributed by atoms with Crippen LogP contribution in [0.4, 0.5) is 0 Å². The van der Waals surface area contributed by atoms with Crippen molar-refractivity contribution in [3.05, 3.63) is 41.5 Å². The number of carboxylic acids is 1. The molecule has 1 fully saturated rings. The Labute approximate surface area is 118 Å². The van der Waals surface area contributed by atoms with Crippen molar-refractivity contribution in [2.75, 3.05) is 6.54 Å². The van der Waals surface area contributed by atoms with E-state index in [0.29, 0.717) is 12.8 Å². The fourth-order valence-corrected chi connectivity index (χ4v) is 2.23. The summed E-state index contributed by atoms with van der Waals surface area (Å²) in [6.45, 7) is 2.21. The number of carbonyl (C=O) groups excluding carboxylic acids is 1. The van der Waals surface area contributed by atoms with Crippen molar-refractivity contribution in [3.63, 3.8) is 0 Å². The summed E-state index contributed by atoms with van der Waals surface area (Å²) in [6, 6.07) is 7.82. The summed E-state index contributed by atoms with van der Waals surface area (Å²) in [5.74, 6) is -1.07. The van der Waals surface area contributed by atoms with Gasteiger partial charge in [-0.2, -0.15) is 0 Å². The molecule has 0 atom stereocenters. The zero-order valence-corrected chi connectivity index (χ0v) is 11.6. The van der Waals surface area contributed by atoms with E-state index < -0.39 is 11.4 Å². The number of nitrogens with one attached hydrogen (secondary N) is 1. The first-order valence-electron chi connectivity index (χ1n) is 6.78. The van der Waals surface area contributed by atoms with Crippen LogP contribution in [-0.4, -0.2) is 23.5 Å². The standard InChI is InChI=1S/C16H19NO3/c1-12-3-5-13(6-4-12)7-8-14(18)17-11-16(15(19)20)9-2-10-16/h3-8H,2,9-11H2,1H3,(H,17,18)(H,19,20)/b8-7+. The first kappa shape index (κ1) is 14.3. The van der Waals surface area contributed by atoms with Gasteiger partial charge in [0, 0.05) is 12.6 Å². The zero-order valence-electron chi connectivity index (χ0n) is 11.6. The monoisotopic (exact) mass is 273 g/mol. The van der Waals surface area contributed by atoms with Crippen molar-refractivity contribution in [2.45, 2.75) is 26.2 Å². The predicted molar refractivity (Wildman–Crippen MR) is 77.1 cm³/mol. The van der Waals surface area contributed by atoms with Crippen LogP contribution in [0.1, 0.15) is 30.4 Å². The van der Waals surface area contributed by atoms with Gasteiger partial charge in [-0.3, -0.25) is 9.59 Å². The van der Waals surface area contributed by atoms with Crippen molar-refractivity contribution in [2.24, 2.45) is 5.41 Å². The molecule has 106 valence electrons. The van der Waals surface area contributed by atoms with Crippen LogP contribution >= 0.6 is 0 Å². The molecule has 0 heterocycles. The summed E-state index contributed by atoms with van der Waals surface area (Å²) in [5.41, 5.74) is 1.37. The van der Waals surface area contributed by atoms with Gasteiger partial charge >= 0.3 is 5.97 Å². The van der Waals surface area contributed by atoms with Gasteiger partial charge in [-0.15, -0.1) is 0 Å². The third-order valence-electron chi connectivity index (χ3n) is 3.87.